The normalized spacial score (nSPS) is 10.1. The van der Waals surface area contributed by atoms with Crippen molar-refractivity contribution >= 4 is 24.2 Å². The lowest BCUT2D eigenvalue weighted by molar-refractivity contribution is 1.16. The van der Waals surface area contributed by atoms with Gasteiger partial charge < -0.3 is 0 Å². The van der Waals surface area contributed by atoms with Gasteiger partial charge in [-0.2, -0.15) is 12.6 Å². The van der Waals surface area contributed by atoms with Crippen molar-refractivity contribution in [2.45, 2.75) is 13.3 Å². The molecule has 60 valence electrons. The van der Waals surface area contributed by atoms with E-state index in [1.54, 1.807) is 0 Å². The van der Waals surface area contributed by atoms with Crippen molar-refractivity contribution in [3.05, 3.63) is 34.3 Å². The van der Waals surface area contributed by atoms with E-state index in [2.05, 4.69) is 24.8 Å². The highest BCUT2D eigenvalue weighted by molar-refractivity contribution is 7.80. The number of thiol groups is 1. The summed E-state index contributed by atoms with van der Waals surface area (Å²) in [5.74, 6) is 0.850. The van der Waals surface area contributed by atoms with Gasteiger partial charge in [0.15, 0.2) is 0 Å². The highest BCUT2D eigenvalue weighted by atomic mass is 35.5. The molecule has 0 bridgehead atoms. The first-order chi connectivity index (χ1) is 5.24. The van der Waals surface area contributed by atoms with Crippen LogP contribution in [0.2, 0.25) is 5.02 Å². The Hall–Kier alpha value is -0.140. The predicted molar refractivity (Wildman–Crippen MR) is 53.7 cm³/mol. The van der Waals surface area contributed by atoms with Gasteiger partial charge in [-0.3, -0.25) is 0 Å². The Bertz CT molecular complexity index is 245. The third-order valence-corrected chi connectivity index (χ3v) is 2.17. The van der Waals surface area contributed by atoms with Crippen LogP contribution in [0.15, 0.2) is 18.2 Å². The van der Waals surface area contributed by atoms with Crippen molar-refractivity contribution in [1.82, 2.24) is 0 Å². The van der Waals surface area contributed by atoms with Crippen molar-refractivity contribution in [3.63, 3.8) is 0 Å². The lowest BCUT2D eigenvalue weighted by Gasteiger charge is -2.01. The summed E-state index contributed by atoms with van der Waals surface area (Å²) in [6.45, 7) is 2.04. The van der Waals surface area contributed by atoms with Gasteiger partial charge in [0, 0.05) is 5.02 Å². The Morgan fingerprint density at radius 2 is 2.18 bits per heavy atom. The summed E-state index contributed by atoms with van der Waals surface area (Å²) in [6.07, 6.45) is 0.947. The first-order valence-electron chi connectivity index (χ1n) is 3.60. The molecule has 0 amide bonds. The van der Waals surface area contributed by atoms with E-state index in [-0.39, 0.29) is 0 Å². The maximum absolute atomic E-state index is 5.97. The minimum atomic E-state index is 0.850. The van der Waals surface area contributed by atoms with Crippen LogP contribution in [0.5, 0.6) is 0 Å². The molecule has 1 rings (SSSR count). The highest BCUT2D eigenvalue weighted by Gasteiger charge is 1.97. The van der Waals surface area contributed by atoms with Gasteiger partial charge in [-0.1, -0.05) is 23.7 Å². The molecule has 0 saturated carbocycles. The SMILES string of the molecule is Cc1ccc(CCS)c(Cl)c1. The minimum Gasteiger partial charge on any atom is -0.179 e. The third-order valence-electron chi connectivity index (χ3n) is 1.59. The maximum Gasteiger partial charge on any atom is 0.0440 e. The van der Waals surface area contributed by atoms with Crippen LogP contribution in [0.4, 0.5) is 0 Å². The molecule has 0 nitrogen and oxygen atoms in total. The molecule has 0 aromatic heterocycles. The molecule has 0 spiro atoms. The van der Waals surface area contributed by atoms with Crippen LogP contribution < -0.4 is 0 Å². The fourth-order valence-corrected chi connectivity index (χ4v) is 1.55. The van der Waals surface area contributed by atoms with E-state index in [0.717, 1.165) is 17.2 Å². The molecular formula is C9H11ClS. The molecule has 2 heteroatoms. The third kappa shape index (κ3) is 2.42. The van der Waals surface area contributed by atoms with E-state index >= 15 is 0 Å². The van der Waals surface area contributed by atoms with Crippen LogP contribution in [0.25, 0.3) is 0 Å². The smallest absolute Gasteiger partial charge is 0.0440 e. The van der Waals surface area contributed by atoms with E-state index in [1.807, 2.05) is 13.0 Å². The molecule has 0 N–H and O–H groups in total. The average molecular weight is 187 g/mol. The molecule has 0 fully saturated rings. The zero-order chi connectivity index (χ0) is 8.27. The minimum absolute atomic E-state index is 0.850. The van der Waals surface area contributed by atoms with Crippen LogP contribution in [0, 0.1) is 6.92 Å². The molecule has 0 radical (unpaired) electrons. The molecule has 0 aliphatic heterocycles. The van der Waals surface area contributed by atoms with Gasteiger partial charge in [-0.15, -0.1) is 0 Å². The van der Waals surface area contributed by atoms with Crippen molar-refractivity contribution in [2.24, 2.45) is 0 Å². The average Bonchev–Trinajstić information content (AvgIpc) is 1.95. The van der Waals surface area contributed by atoms with Crippen LogP contribution in [-0.4, -0.2) is 5.75 Å². The van der Waals surface area contributed by atoms with Gasteiger partial charge in [0.25, 0.3) is 0 Å². The summed E-state index contributed by atoms with van der Waals surface area (Å²) < 4.78 is 0. The molecule has 11 heavy (non-hydrogen) atoms. The monoisotopic (exact) mass is 186 g/mol. The molecule has 0 heterocycles. The molecule has 0 aliphatic rings. The zero-order valence-corrected chi connectivity index (χ0v) is 8.12. The van der Waals surface area contributed by atoms with Crippen molar-refractivity contribution in [3.8, 4) is 0 Å². The Morgan fingerprint density at radius 3 is 2.73 bits per heavy atom. The fourth-order valence-electron chi connectivity index (χ4n) is 0.976. The molecule has 0 aliphatic carbocycles. The zero-order valence-electron chi connectivity index (χ0n) is 6.47. The van der Waals surface area contributed by atoms with Crippen LogP contribution >= 0.6 is 24.2 Å². The second-order valence-corrected chi connectivity index (χ2v) is 3.42. The van der Waals surface area contributed by atoms with Gasteiger partial charge in [-0.25, -0.2) is 0 Å². The van der Waals surface area contributed by atoms with E-state index < -0.39 is 0 Å². The number of rotatable bonds is 2. The van der Waals surface area contributed by atoms with E-state index in [4.69, 9.17) is 11.6 Å². The first kappa shape index (κ1) is 8.95. The number of hydrogen-bond donors (Lipinski definition) is 1. The number of benzene rings is 1. The van der Waals surface area contributed by atoms with Gasteiger partial charge in [0.2, 0.25) is 0 Å². The summed E-state index contributed by atoms with van der Waals surface area (Å²) in [6, 6.07) is 6.12. The lowest BCUT2D eigenvalue weighted by atomic mass is 10.1. The molecule has 1 aromatic rings. The lowest BCUT2D eigenvalue weighted by Crippen LogP contribution is -1.87. The summed E-state index contributed by atoms with van der Waals surface area (Å²) in [7, 11) is 0. The fraction of sp³-hybridized carbons (Fsp3) is 0.333. The van der Waals surface area contributed by atoms with Crippen LogP contribution in [0.3, 0.4) is 0 Å². The van der Waals surface area contributed by atoms with Crippen LogP contribution in [-0.2, 0) is 6.42 Å². The Labute approximate surface area is 78.0 Å². The number of aryl methyl sites for hydroxylation is 2. The van der Waals surface area contributed by atoms with Gasteiger partial charge in [-0.05, 0) is 36.3 Å². The summed E-state index contributed by atoms with van der Waals surface area (Å²) >= 11 is 10.1. The van der Waals surface area contributed by atoms with Crippen molar-refractivity contribution in [1.29, 1.82) is 0 Å². The highest BCUT2D eigenvalue weighted by Crippen LogP contribution is 2.17. The van der Waals surface area contributed by atoms with Gasteiger partial charge in [0.05, 0.1) is 0 Å². The Kier molecular flexibility index (Phi) is 3.28. The Balaban J connectivity index is 2.90. The van der Waals surface area contributed by atoms with E-state index in [1.165, 1.54) is 11.1 Å². The largest absolute Gasteiger partial charge is 0.179 e. The van der Waals surface area contributed by atoms with E-state index in [9.17, 15) is 0 Å². The first-order valence-corrected chi connectivity index (χ1v) is 4.61. The quantitative estimate of drug-likeness (QED) is 0.675. The van der Waals surface area contributed by atoms with Gasteiger partial charge >= 0.3 is 0 Å². The van der Waals surface area contributed by atoms with Crippen LogP contribution in [0.1, 0.15) is 11.1 Å². The van der Waals surface area contributed by atoms with Crippen molar-refractivity contribution < 1.29 is 0 Å². The molecule has 0 atom stereocenters. The number of halogens is 1. The summed E-state index contributed by atoms with van der Waals surface area (Å²) in [5, 5.41) is 0.860. The van der Waals surface area contributed by atoms with E-state index in [0.29, 0.717) is 0 Å². The number of hydrogen-bond acceptors (Lipinski definition) is 1. The summed E-state index contributed by atoms with van der Waals surface area (Å²) in [5.41, 5.74) is 2.39. The topological polar surface area (TPSA) is 0 Å². The van der Waals surface area contributed by atoms with Crippen molar-refractivity contribution in [2.75, 3.05) is 5.75 Å². The summed E-state index contributed by atoms with van der Waals surface area (Å²) in [4.78, 5) is 0. The molecule has 0 saturated heterocycles. The molecular weight excluding hydrogens is 176 g/mol. The molecule has 0 unspecified atom stereocenters. The second kappa shape index (κ2) is 4.03. The standard InChI is InChI=1S/C9H11ClS/c1-7-2-3-8(4-5-11)9(10)6-7/h2-3,6,11H,4-5H2,1H3. The molecule has 1 aromatic carbocycles. The maximum atomic E-state index is 5.97. The second-order valence-electron chi connectivity index (χ2n) is 2.57. The van der Waals surface area contributed by atoms with Gasteiger partial charge in [0.1, 0.15) is 0 Å². The Morgan fingerprint density at radius 1 is 1.45 bits per heavy atom. The predicted octanol–water partition coefficient (Wildman–Crippen LogP) is 3.12.